The van der Waals surface area contributed by atoms with E-state index < -0.39 is 23.5 Å². The molecule has 2 fully saturated rings. The highest BCUT2D eigenvalue weighted by Gasteiger charge is 2.42. The number of ether oxygens (including phenoxy) is 2. The molecule has 2 aliphatic rings. The predicted molar refractivity (Wildman–Crippen MR) is 124 cm³/mol. The molecule has 5 rings (SSSR count). The number of fused-ring (bicyclic) bond motifs is 1. The fourth-order valence-corrected chi connectivity index (χ4v) is 5.13. The number of carbonyl (C=O) groups is 3. The molecule has 0 spiro atoms. The van der Waals surface area contributed by atoms with Crippen molar-refractivity contribution >= 4 is 28.7 Å². The minimum absolute atomic E-state index is 0.0530. The predicted octanol–water partition coefficient (Wildman–Crippen LogP) is 1.37. The molecule has 0 aliphatic carbocycles. The van der Waals surface area contributed by atoms with E-state index in [4.69, 9.17) is 15.2 Å². The number of rotatable bonds is 6. The van der Waals surface area contributed by atoms with E-state index in [1.807, 2.05) is 31.3 Å². The SMILES string of the molecule is COC(=O)[C@@H]1C[C@H](n2cc(C3(C)CCCO3)nn2)CN1C(=O)Cn1cc(C(N)=O)c2ccccc21. The zero-order valence-electron chi connectivity index (χ0n) is 19.7. The van der Waals surface area contributed by atoms with Crippen molar-refractivity contribution in [2.75, 3.05) is 20.3 Å². The van der Waals surface area contributed by atoms with Crippen molar-refractivity contribution in [2.24, 2.45) is 5.73 Å². The van der Waals surface area contributed by atoms with Crippen molar-refractivity contribution in [3.05, 3.63) is 47.9 Å². The number of benzene rings is 1. The molecule has 1 aromatic carbocycles. The third-order valence-electron chi connectivity index (χ3n) is 7.08. The number of methoxy groups -OCH3 is 1. The number of primary amides is 1. The van der Waals surface area contributed by atoms with Crippen molar-refractivity contribution in [2.45, 2.75) is 50.4 Å². The second-order valence-electron chi connectivity index (χ2n) is 9.29. The van der Waals surface area contributed by atoms with E-state index in [2.05, 4.69) is 10.3 Å². The maximum absolute atomic E-state index is 13.4. The Morgan fingerprint density at radius 2 is 2.06 bits per heavy atom. The van der Waals surface area contributed by atoms with Crippen molar-refractivity contribution in [3.8, 4) is 0 Å². The standard InChI is InChI=1S/C24H28N6O5/c1-24(8-5-9-35-24)20-13-30(27-26-20)15-10-19(23(33)34-2)29(11-15)21(31)14-28-12-17(22(25)32)16-6-3-4-7-18(16)28/h3-4,6-7,12-13,15,19H,5,8-11,14H2,1-2H3,(H2,25,32)/t15-,19-,24?/m0/s1. The molecule has 4 heterocycles. The van der Waals surface area contributed by atoms with Gasteiger partial charge in [0.05, 0.1) is 24.9 Å². The molecule has 2 aromatic heterocycles. The minimum atomic E-state index is -0.749. The van der Waals surface area contributed by atoms with Crippen LogP contribution < -0.4 is 5.73 Å². The Morgan fingerprint density at radius 1 is 1.26 bits per heavy atom. The Hall–Kier alpha value is -3.73. The van der Waals surface area contributed by atoms with Crippen LogP contribution in [0.5, 0.6) is 0 Å². The zero-order chi connectivity index (χ0) is 24.7. The van der Waals surface area contributed by atoms with Gasteiger partial charge in [-0.2, -0.15) is 0 Å². The van der Waals surface area contributed by atoms with E-state index in [0.717, 1.165) is 18.5 Å². The summed E-state index contributed by atoms with van der Waals surface area (Å²) >= 11 is 0. The molecule has 2 saturated heterocycles. The maximum atomic E-state index is 13.4. The largest absolute Gasteiger partial charge is 0.467 e. The van der Waals surface area contributed by atoms with Gasteiger partial charge in [0.25, 0.3) is 5.91 Å². The molecule has 11 heteroatoms. The molecule has 11 nitrogen and oxygen atoms in total. The summed E-state index contributed by atoms with van der Waals surface area (Å²) in [6, 6.07) is 6.26. The molecule has 35 heavy (non-hydrogen) atoms. The molecule has 3 atom stereocenters. The second kappa shape index (κ2) is 8.81. The molecule has 2 amide bonds. The molecule has 0 radical (unpaired) electrons. The third kappa shape index (κ3) is 4.05. The van der Waals surface area contributed by atoms with Crippen LogP contribution in [0.25, 0.3) is 10.9 Å². The first-order chi connectivity index (χ1) is 16.8. The quantitative estimate of drug-likeness (QED) is 0.527. The summed E-state index contributed by atoms with van der Waals surface area (Å²) in [4.78, 5) is 39.4. The Morgan fingerprint density at radius 3 is 2.77 bits per heavy atom. The molecular weight excluding hydrogens is 452 g/mol. The van der Waals surface area contributed by atoms with Crippen LogP contribution in [0.15, 0.2) is 36.7 Å². The summed E-state index contributed by atoms with van der Waals surface area (Å²) in [5.41, 5.74) is 6.86. The first-order valence-electron chi connectivity index (χ1n) is 11.6. The number of hydrogen-bond acceptors (Lipinski definition) is 7. The number of nitrogens with two attached hydrogens (primary N) is 1. The van der Waals surface area contributed by atoms with Crippen molar-refractivity contribution in [1.82, 2.24) is 24.5 Å². The molecule has 1 unspecified atom stereocenters. The number of aromatic nitrogens is 4. The van der Waals surface area contributed by atoms with Gasteiger partial charge in [0.15, 0.2) is 0 Å². The van der Waals surface area contributed by atoms with Gasteiger partial charge >= 0.3 is 5.97 Å². The number of para-hydroxylation sites is 1. The van der Waals surface area contributed by atoms with Crippen LogP contribution in [0.4, 0.5) is 0 Å². The number of carbonyl (C=O) groups excluding carboxylic acids is 3. The topological polar surface area (TPSA) is 135 Å². The smallest absolute Gasteiger partial charge is 0.328 e. The summed E-state index contributed by atoms with van der Waals surface area (Å²) < 4.78 is 14.3. The molecule has 2 N–H and O–H groups in total. The van der Waals surface area contributed by atoms with Crippen LogP contribution in [-0.4, -0.2) is 68.5 Å². The first kappa shape index (κ1) is 23.0. The third-order valence-corrected chi connectivity index (χ3v) is 7.08. The average molecular weight is 481 g/mol. The molecule has 0 bridgehead atoms. The lowest BCUT2D eigenvalue weighted by molar-refractivity contribution is -0.151. The van der Waals surface area contributed by atoms with Crippen LogP contribution in [0.2, 0.25) is 0 Å². The van der Waals surface area contributed by atoms with Crippen LogP contribution in [0.1, 0.15) is 48.3 Å². The monoisotopic (exact) mass is 480 g/mol. The Bertz CT molecular complexity index is 1290. The van der Waals surface area contributed by atoms with Gasteiger partial charge in [-0.3, -0.25) is 9.59 Å². The zero-order valence-corrected chi connectivity index (χ0v) is 19.7. The van der Waals surface area contributed by atoms with Crippen LogP contribution in [-0.2, 0) is 31.2 Å². The molecule has 0 saturated carbocycles. The highest BCUT2D eigenvalue weighted by atomic mass is 16.5. The number of nitrogens with zero attached hydrogens (tertiary/aromatic N) is 5. The molecule has 3 aromatic rings. The van der Waals surface area contributed by atoms with Crippen molar-refractivity contribution in [3.63, 3.8) is 0 Å². The number of esters is 1. The van der Waals surface area contributed by atoms with Gasteiger partial charge in [-0.05, 0) is 25.8 Å². The van der Waals surface area contributed by atoms with Gasteiger partial charge in [-0.1, -0.05) is 23.4 Å². The highest BCUT2D eigenvalue weighted by molar-refractivity contribution is 6.06. The summed E-state index contributed by atoms with van der Waals surface area (Å²) in [6.45, 7) is 2.91. The molecule has 2 aliphatic heterocycles. The van der Waals surface area contributed by atoms with E-state index in [9.17, 15) is 14.4 Å². The van der Waals surface area contributed by atoms with E-state index >= 15 is 0 Å². The lowest BCUT2D eigenvalue weighted by atomic mass is 9.99. The summed E-state index contributed by atoms with van der Waals surface area (Å²) in [5.74, 6) is -1.32. The van der Waals surface area contributed by atoms with E-state index in [0.29, 0.717) is 29.5 Å². The maximum Gasteiger partial charge on any atom is 0.328 e. The normalized spacial score (nSPS) is 24.2. The Balaban J connectivity index is 1.39. The lowest BCUT2D eigenvalue weighted by Gasteiger charge is -2.23. The van der Waals surface area contributed by atoms with Crippen molar-refractivity contribution in [1.29, 1.82) is 0 Å². The Kier molecular flexibility index (Phi) is 5.79. The van der Waals surface area contributed by atoms with Gasteiger partial charge in [0.1, 0.15) is 23.9 Å². The molecular formula is C24H28N6O5. The van der Waals surface area contributed by atoms with E-state index in [1.54, 1.807) is 21.5 Å². The van der Waals surface area contributed by atoms with Crippen LogP contribution >= 0.6 is 0 Å². The van der Waals surface area contributed by atoms with Gasteiger partial charge in [-0.25, -0.2) is 9.48 Å². The summed E-state index contributed by atoms with van der Waals surface area (Å²) in [6.07, 6.45) is 5.61. The second-order valence-corrected chi connectivity index (χ2v) is 9.29. The Labute approximate surface area is 201 Å². The fourth-order valence-electron chi connectivity index (χ4n) is 5.13. The lowest BCUT2D eigenvalue weighted by Crippen LogP contribution is -2.42. The fraction of sp³-hybridized carbons (Fsp3) is 0.458. The first-order valence-corrected chi connectivity index (χ1v) is 11.6. The summed E-state index contributed by atoms with van der Waals surface area (Å²) in [7, 11) is 1.31. The number of hydrogen-bond donors (Lipinski definition) is 1. The van der Waals surface area contributed by atoms with Gasteiger partial charge in [0, 0.05) is 36.7 Å². The highest BCUT2D eigenvalue weighted by Crippen LogP contribution is 2.35. The minimum Gasteiger partial charge on any atom is -0.467 e. The van der Waals surface area contributed by atoms with Crippen LogP contribution in [0.3, 0.4) is 0 Å². The number of likely N-dealkylation sites (tertiary alicyclic amines) is 1. The van der Waals surface area contributed by atoms with Gasteiger partial charge in [-0.15, -0.1) is 5.10 Å². The van der Waals surface area contributed by atoms with Crippen LogP contribution in [0, 0.1) is 0 Å². The average Bonchev–Trinajstić information content (AvgIpc) is 3.63. The van der Waals surface area contributed by atoms with Gasteiger partial charge < -0.3 is 24.7 Å². The van der Waals surface area contributed by atoms with E-state index in [1.165, 1.54) is 12.0 Å². The molecule has 184 valence electrons. The summed E-state index contributed by atoms with van der Waals surface area (Å²) in [5, 5.41) is 9.28. The van der Waals surface area contributed by atoms with E-state index in [-0.39, 0.29) is 25.0 Å². The van der Waals surface area contributed by atoms with Gasteiger partial charge in [0.2, 0.25) is 5.91 Å². The number of amides is 2. The van der Waals surface area contributed by atoms with Crippen molar-refractivity contribution < 1.29 is 23.9 Å².